The van der Waals surface area contributed by atoms with Crippen LogP contribution in [0.3, 0.4) is 0 Å². The van der Waals surface area contributed by atoms with E-state index in [4.69, 9.17) is 0 Å². The molecule has 2 saturated carbocycles. The van der Waals surface area contributed by atoms with Crippen molar-refractivity contribution in [1.29, 1.82) is 0 Å². The van der Waals surface area contributed by atoms with E-state index < -0.39 is 0 Å². The number of fused-ring (bicyclic) bond motifs is 1. The Labute approximate surface area is 95.8 Å². The lowest BCUT2D eigenvalue weighted by atomic mass is 9.57. The second-order valence-electron chi connectivity index (χ2n) is 6.59. The Balaban J connectivity index is 2.11. The molecule has 4 unspecified atom stereocenters. The van der Waals surface area contributed by atoms with Crippen molar-refractivity contribution in [3.05, 3.63) is 0 Å². The van der Waals surface area contributed by atoms with Gasteiger partial charge in [0, 0.05) is 0 Å². The van der Waals surface area contributed by atoms with Gasteiger partial charge >= 0.3 is 0 Å². The highest BCUT2D eigenvalue weighted by atomic mass is 14.8. The van der Waals surface area contributed by atoms with Crippen LogP contribution in [0.15, 0.2) is 0 Å². The smallest absolute Gasteiger partial charge is 0.0233 e. The van der Waals surface area contributed by atoms with E-state index in [1.165, 1.54) is 25.7 Å². The first-order chi connectivity index (χ1) is 7.04. The Hall–Kier alpha value is 0. The van der Waals surface area contributed by atoms with Gasteiger partial charge in [0.2, 0.25) is 0 Å². The Morgan fingerprint density at radius 2 is 1.87 bits per heavy atom. The molecule has 0 aromatic heterocycles. The Kier molecular flexibility index (Phi) is 2.68. The van der Waals surface area contributed by atoms with Crippen molar-refractivity contribution >= 4 is 0 Å². The fraction of sp³-hybridized carbons (Fsp3) is 1.00. The van der Waals surface area contributed by atoms with E-state index in [0.29, 0.717) is 5.41 Å². The molecule has 0 heterocycles. The summed E-state index contributed by atoms with van der Waals surface area (Å²) in [6, 6.07) is 0. The highest BCUT2D eigenvalue weighted by Gasteiger charge is 2.75. The topological polar surface area (TPSA) is 0 Å². The second kappa shape index (κ2) is 3.50. The van der Waals surface area contributed by atoms with Gasteiger partial charge in [-0.15, -0.1) is 0 Å². The quantitative estimate of drug-likeness (QED) is 0.604. The monoisotopic (exact) mass is 208 g/mol. The Morgan fingerprint density at radius 1 is 1.20 bits per heavy atom. The van der Waals surface area contributed by atoms with Crippen LogP contribution in [-0.4, -0.2) is 0 Å². The summed E-state index contributed by atoms with van der Waals surface area (Å²) in [4.78, 5) is 0. The molecule has 2 aliphatic carbocycles. The molecule has 0 aromatic rings. The van der Waals surface area contributed by atoms with E-state index in [0.717, 1.165) is 23.2 Å². The predicted molar refractivity (Wildman–Crippen MR) is 66.8 cm³/mol. The largest absolute Gasteiger partial charge is 0.0654 e. The molecule has 15 heavy (non-hydrogen) atoms. The summed E-state index contributed by atoms with van der Waals surface area (Å²) in [5.74, 6) is 3.17. The van der Waals surface area contributed by atoms with Crippen molar-refractivity contribution in [2.45, 2.75) is 66.7 Å². The fourth-order valence-electron chi connectivity index (χ4n) is 4.96. The van der Waals surface area contributed by atoms with Gasteiger partial charge in [0.15, 0.2) is 0 Å². The van der Waals surface area contributed by atoms with Crippen LogP contribution in [0.25, 0.3) is 0 Å². The minimum absolute atomic E-state index is 0.692. The average Bonchev–Trinajstić information content (AvgIpc) is 2.60. The van der Waals surface area contributed by atoms with Gasteiger partial charge in [-0.05, 0) is 41.4 Å². The summed E-state index contributed by atoms with van der Waals surface area (Å²) in [5.41, 5.74) is 1.44. The molecule has 0 bridgehead atoms. The maximum Gasteiger partial charge on any atom is -0.0233 e. The fourth-order valence-corrected chi connectivity index (χ4v) is 4.96. The second-order valence-corrected chi connectivity index (χ2v) is 6.59. The van der Waals surface area contributed by atoms with Gasteiger partial charge in [-0.3, -0.25) is 0 Å². The predicted octanol–water partition coefficient (Wildman–Crippen LogP) is 4.89. The Morgan fingerprint density at radius 3 is 2.13 bits per heavy atom. The van der Waals surface area contributed by atoms with E-state index in [-0.39, 0.29) is 0 Å². The summed E-state index contributed by atoms with van der Waals surface area (Å²) in [6.45, 7) is 12.2. The third kappa shape index (κ3) is 1.33. The van der Waals surface area contributed by atoms with Gasteiger partial charge in [-0.25, -0.2) is 0 Å². The first kappa shape index (κ1) is 11.5. The normalized spacial score (nSPS) is 43.0. The molecular formula is C15H28. The van der Waals surface area contributed by atoms with Crippen LogP contribution in [0, 0.1) is 28.6 Å². The lowest BCUT2D eigenvalue weighted by Gasteiger charge is -2.47. The van der Waals surface area contributed by atoms with Crippen molar-refractivity contribution in [3.63, 3.8) is 0 Å². The summed E-state index contributed by atoms with van der Waals surface area (Å²) in [7, 11) is 0. The minimum Gasteiger partial charge on any atom is -0.0654 e. The van der Waals surface area contributed by atoms with Crippen molar-refractivity contribution in [2.24, 2.45) is 28.6 Å². The lowest BCUT2D eigenvalue weighted by molar-refractivity contribution is 0.0167. The Bertz CT molecular complexity index is 240. The van der Waals surface area contributed by atoms with Gasteiger partial charge in [-0.1, -0.05) is 53.9 Å². The van der Waals surface area contributed by atoms with E-state index in [1.54, 1.807) is 6.42 Å². The zero-order valence-electron chi connectivity index (χ0n) is 11.3. The molecule has 0 nitrogen and oxygen atoms in total. The number of hydrogen-bond acceptors (Lipinski definition) is 0. The molecule has 0 saturated heterocycles. The molecule has 0 aromatic carbocycles. The summed E-state index contributed by atoms with van der Waals surface area (Å²) in [5, 5.41) is 0. The van der Waals surface area contributed by atoms with E-state index in [9.17, 15) is 0 Å². The van der Waals surface area contributed by atoms with Crippen LogP contribution < -0.4 is 0 Å². The summed E-state index contributed by atoms with van der Waals surface area (Å²) < 4.78 is 0. The van der Waals surface area contributed by atoms with Crippen molar-refractivity contribution in [1.82, 2.24) is 0 Å². The number of hydrogen-bond donors (Lipinski definition) is 0. The van der Waals surface area contributed by atoms with Gasteiger partial charge in [0.1, 0.15) is 0 Å². The third-order valence-electron chi connectivity index (χ3n) is 5.87. The summed E-state index contributed by atoms with van der Waals surface area (Å²) in [6.07, 6.45) is 7.21. The first-order valence-electron chi connectivity index (χ1n) is 7.04. The molecule has 0 N–H and O–H groups in total. The molecule has 4 atom stereocenters. The van der Waals surface area contributed by atoms with Crippen LogP contribution >= 0.6 is 0 Å². The van der Waals surface area contributed by atoms with E-state index >= 15 is 0 Å². The van der Waals surface area contributed by atoms with Crippen molar-refractivity contribution in [2.75, 3.05) is 0 Å². The molecule has 2 aliphatic rings. The zero-order chi connectivity index (χ0) is 11.3. The first-order valence-corrected chi connectivity index (χ1v) is 7.04. The molecule has 0 heteroatoms. The zero-order valence-corrected chi connectivity index (χ0v) is 11.3. The number of rotatable bonds is 5. The van der Waals surface area contributed by atoms with Crippen LogP contribution in [0.2, 0.25) is 0 Å². The van der Waals surface area contributed by atoms with Crippen molar-refractivity contribution < 1.29 is 0 Å². The molecule has 2 fully saturated rings. The van der Waals surface area contributed by atoms with Crippen LogP contribution in [0.4, 0.5) is 0 Å². The average molecular weight is 208 g/mol. The minimum atomic E-state index is 0.692. The molecule has 0 spiro atoms. The third-order valence-corrected chi connectivity index (χ3v) is 5.87. The SMILES string of the molecule is CCCC(CC)C1(CC)CC2C1C2(C)C. The molecule has 0 radical (unpaired) electrons. The van der Waals surface area contributed by atoms with Gasteiger partial charge in [0.05, 0.1) is 0 Å². The van der Waals surface area contributed by atoms with Gasteiger partial charge in [-0.2, -0.15) is 0 Å². The molecule has 0 aliphatic heterocycles. The maximum atomic E-state index is 2.50. The van der Waals surface area contributed by atoms with Gasteiger partial charge in [0.25, 0.3) is 0 Å². The van der Waals surface area contributed by atoms with Crippen LogP contribution in [-0.2, 0) is 0 Å². The molecular weight excluding hydrogens is 180 g/mol. The van der Waals surface area contributed by atoms with E-state index in [1.807, 2.05) is 0 Å². The highest BCUT2D eigenvalue weighted by molar-refractivity contribution is 5.23. The van der Waals surface area contributed by atoms with Crippen LogP contribution in [0.1, 0.15) is 66.7 Å². The standard InChI is InChI=1S/C15H28/c1-6-9-11(7-2)15(8-3)10-12-13(15)14(12,4)5/h11-13H,6-10H2,1-5H3. The summed E-state index contributed by atoms with van der Waals surface area (Å²) >= 11 is 0. The van der Waals surface area contributed by atoms with Crippen LogP contribution in [0.5, 0.6) is 0 Å². The molecule has 2 rings (SSSR count). The van der Waals surface area contributed by atoms with Crippen molar-refractivity contribution in [3.8, 4) is 0 Å². The molecule has 88 valence electrons. The molecule has 0 amide bonds. The van der Waals surface area contributed by atoms with E-state index in [2.05, 4.69) is 34.6 Å². The lowest BCUT2D eigenvalue weighted by Crippen LogP contribution is -2.39. The van der Waals surface area contributed by atoms with Gasteiger partial charge < -0.3 is 0 Å². The highest BCUT2D eigenvalue weighted by Crippen LogP contribution is 2.81. The maximum absolute atomic E-state index is 2.50.